The van der Waals surface area contributed by atoms with Crippen molar-refractivity contribution in [1.82, 2.24) is 24.6 Å². The molecule has 9 nitrogen and oxygen atoms in total. The second kappa shape index (κ2) is 9.16. The molecule has 0 unspecified atom stereocenters. The molecule has 2 aromatic heterocycles. The van der Waals surface area contributed by atoms with Crippen molar-refractivity contribution >= 4 is 17.1 Å². The van der Waals surface area contributed by atoms with Crippen molar-refractivity contribution < 1.29 is 14.1 Å². The monoisotopic (exact) mass is 502 g/mol. The Hall–Kier alpha value is -3.41. The number of hydrogen-bond acceptors (Lipinski definition) is 7. The lowest BCUT2D eigenvalue weighted by Crippen LogP contribution is -2.43. The fraction of sp³-hybridized carbons (Fsp3) is 0.607. The molecule has 0 N–H and O–H groups in total. The van der Waals surface area contributed by atoms with Gasteiger partial charge in [-0.3, -0.25) is 0 Å². The molecule has 3 aliphatic rings. The smallest absolute Gasteiger partial charge is 0.410 e. The molecular weight excluding hydrogens is 468 g/mol. The molecule has 0 radical (unpaired) electrons. The number of fused-ring (bicyclic) bond motifs is 1. The molecule has 1 saturated heterocycles. The first-order chi connectivity index (χ1) is 17.8. The van der Waals surface area contributed by atoms with Gasteiger partial charge in [0.15, 0.2) is 5.82 Å². The molecule has 9 heteroatoms. The molecule has 1 spiro atoms. The Kier molecular flexibility index (Phi) is 5.93. The number of carbonyl (C=O) groups excluding carboxylic acids is 1. The maximum Gasteiger partial charge on any atom is 0.410 e. The minimum Gasteiger partial charge on any atom is -0.441 e. The van der Waals surface area contributed by atoms with Gasteiger partial charge in [-0.05, 0) is 76.5 Å². The molecule has 3 aromatic rings. The van der Waals surface area contributed by atoms with Crippen LogP contribution in [0.1, 0.15) is 88.4 Å². The molecule has 6 rings (SSSR count). The largest absolute Gasteiger partial charge is 0.441 e. The van der Waals surface area contributed by atoms with Crippen LogP contribution in [0, 0.1) is 17.2 Å². The lowest BCUT2D eigenvalue weighted by molar-refractivity contribution is 0.00413. The lowest BCUT2D eigenvalue weighted by Gasteiger charge is -2.36. The summed E-state index contributed by atoms with van der Waals surface area (Å²) in [6.45, 7) is 5.97. The van der Waals surface area contributed by atoms with Crippen LogP contribution < -0.4 is 0 Å². The van der Waals surface area contributed by atoms with E-state index in [0.717, 1.165) is 61.9 Å². The van der Waals surface area contributed by atoms with Crippen LogP contribution in [0.25, 0.3) is 11.0 Å². The van der Waals surface area contributed by atoms with Crippen LogP contribution >= 0.6 is 0 Å². The van der Waals surface area contributed by atoms with Gasteiger partial charge in [0.25, 0.3) is 0 Å². The first-order valence-corrected chi connectivity index (χ1v) is 13.5. The van der Waals surface area contributed by atoms with Gasteiger partial charge in [-0.25, -0.2) is 9.78 Å². The zero-order valence-corrected chi connectivity index (χ0v) is 21.7. The van der Waals surface area contributed by atoms with Crippen LogP contribution in [0.5, 0.6) is 0 Å². The standard InChI is InChI=1S/C28H34N6O3/c1-27(2,25-31-24(32-37-25)21-7-3-4-8-21)16-34-17-28(36-26(34)35)11-5-6-20(13-28)15-33-18-30-22-10-9-19(14-29)12-23(22)33/h9-10,12,18,20-21H,3-8,11,13,15-17H2,1-2H3/t20-,28-/m0/s1. The number of hydrogen-bond donors (Lipinski definition) is 0. The SMILES string of the molecule is CC(C)(CN1C[C@@]2(CCC[C@H](Cn3cnc4ccc(C#N)cc43)C2)OC1=O)c1nc(C2CCCC2)no1. The number of rotatable bonds is 6. The Morgan fingerprint density at radius 1 is 1.22 bits per heavy atom. The van der Waals surface area contributed by atoms with Crippen LogP contribution in [0.2, 0.25) is 0 Å². The first kappa shape index (κ1) is 24.0. The summed E-state index contributed by atoms with van der Waals surface area (Å²) in [5.41, 5.74) is 1.57. The summed E-state index contributed by atoms with van der Waals surface area (Å²) in [5, 5.41) is 13.6. The fourth-order valence-electron chi connectivity index (χ4n) is 6.60. The molecule has 0 bridgehead atoms. The summed E-state index contributed by atoms with van der Waals surface area (Å²) in [5.74, 6) is 2.16. The van der Waals surface area contributed by atoms with Gasteiger partial charge in [-0.15, -0.1) is 0 Å². The molecule has 3 fully saturated rings. The van der Waals surface area contributed by atoms with Gasteiger partial charge in [0.1, 0.15) is 5.60 Å². The highest BCUT2D eigenvalue weighted by Crippen LogP contribution is 2.42. The van der Waals surface area contributed by atoms with Crippen LogP contribution in [0.4, 0.5) is 4.79 Å². The van der Waals surface area contributed by atoms with E-state index in [9.17, 15) is 10.1 Å². The van der Waals surface area contributed by atoms with Crippen molar-refractivity contribution in [2.75, 3.05) is 13.1 Å². The average molecular weight is 503 g/mol. The number of benzene rings is 1. The molecule has 2 atom stereocenters. The summed E-state index contributed by atoms with van der Waals surface area (Å²) < 4.78 is 13.9. The molecule has 2 saturated carbocycles. The van der Waals surface area contributed by atoms with Crippen molar-refractivity contribution in [3.63, 3.8) is 0 Å². The molecule has 1 aromatic carbocycles. The average Bonchev–Trinajstić information content (AvgIpc) is 3.67. The minimum absolute atomic E-state index is 0.254. The van der Waals surface area contributed by atoms with E-state index in [0.29, 0.717) is 36.4 Å². The zero-order chi connectivity index (χ0) is 25.6. The van der Waals surface area contributed by atoms with Crippen LogP contribution in [-0.2, 0) is 16.7 Å². The maximum absolute atomic E-state index is 13.0. The summed E-state index contributed by atoms with van der Waals surface area (Å²) >= 11 is 0. The second-order valence-electron chi connectivity index (χ2n) is 11.9. The van der Waals surface area contributed by atoms with E-state index < -0.39 is 11.0 Å². The Morgan fingerprint density at radius 2 is 2.05 bits per heavy atom. The van der Waals surface area contributed by atoms with Crippen LogP contribution in [-0.4, -0.2) is 49.4 Å². The quantitative estimate of drug-likeness (QED) is 0.449. The van der Waals surface area contributed by atoms with Gasteiger partial charge in [0, 0.05) is 19.0 Å². The first-order valence-electron chi connectivity index (χ1n) is 13.5. The van der Waals surface area contributed by atoms with E-state index in [2.05, 4.69) is 34.6 Å². The van der Waals surface area contributed by atoms with Crippen LogP contribution in [0.15, 0.2) is 29.0 Å². The van der Waals surface area contributed by atoms with E-state index in [4.69, 9.17) is 14.2 Å². The van der Waals surface area contributed by atoms with Crippen molar-refractivity contribution in [1.29, 1.82) is 5.26 Å². The zero-order valence-electron chi connectivity index (χ0n) is 21.7. The molecule has 3 heterocycles. The molecule has 194 valence electrons. The maximum atomic E-state index is 13.0. The number of nitrogens with zero attached hydrogens (tertiary/aromatic N) is 6. The van der Waals surface area contributed by atoms with Gasteiger partial charge in [-0.2, -0.15) is 10.2 Å². The van der Waals surface area contributed by atoms with E-state index in [-0.39, 0.29) is 6.09 Å². The Bertz CT molecular complexity index is 1350. The summed E-state index contributed by atoms with van der Waals surface area (Å²) in [4.78, 5) is 24.1. The van der Waals surface area contributed by atoms with E-state index in [1.54, 1.807) is 6.07 Å². The van der Waals surface area contributed by atoms with Crippen LogP contribution in [0.3, 0.4) is 0 Å². The van der Waals surface area contributed by atoms with Gasteiger partial charge in [-0.1, -0.05) is 18.0 Å². The van der Waals surface area contributed by atoms with Gasteiger partial charge in [0.2, 0.25) is 5.89 Å². The van der Waals surface area contributed by atoms with E-state index in [1.165, 1.54) is 12.8 Å². The molecular formula is C28H34N6O3. The molecule has 1 aliphatic heterocycles. The topological polar surface area (TPSA) is 110 Å². The van der Waals surface area contributed by atoms with E-state index in [1.807, 2.05) is 23.4 Å². The van der Waals surface area contributed by atoms with Crippen molar-refractivity contribution in [3.05, 3.63) is 41.8 Å². The molecule has 37 heavy (non-hydrogen) atoms. The third-order valence-electron chi connectivity index (χ3n) is 8.48. The van der Waals surface area contributed by atoms with E-state index >= 15 is 0 Å². The second-order valence-corrected chi connectivity index (χ2v) is 11.9. The Morgan fingerprint density at radius 3 is 2.86 bits per heavy atom. The number of ether oxygens (including phenoxy) is 1. The van der Waals surface area contributed by atoms with Crippen molar-refractivity contribution in [2.45, 2.75) is 88.7 Å². The summed E-state index contributed by atoms with van der Waals surface area (Å²) in [6, 6.07) is 7.81. The number of imidazole rings is 1. The minimum atomic E-state index is -0.464. The third kappa shape index (κ3) is 4.58. The normalized spacial score (nSPS) is 24.7. The molecule has 1 amide bonds. The Labute approximate surface area is 216 Å². The van der Waals surface area contributed by atoms with Gasteiger partial charge >= 0.3 is 6.09 Å². The highest BCUT2D eigenvalue weighted by molar-refractivity contribution is 5.77. The number of amides is 1. The summed E-state index contributed by atoms with van der Waals surface area (Å²) in [7, 11) is 0. The fourth-order valence-corrected chi connectivity index (χ4v) is 6.60. The highest BCUT2D eigenvalue weighted by atomic mass is 16.6. The highest BCUT2D eigenvalue weighted by Gasteiger charge is 2.49. The number of carbonyl (C=O) groups is 1. The lowest BCUT2D eigenvalue weighted by atomic mass is 9.77. The predicted octanol–water partition coefficient (Wildman–Crippen LogP) is 5.31. The number of aromatic nitrogens is 4. The molecule has 2 aliphatic carbocycles. The number of nitriles is 1. The third-order valence-corrected chi connectivity index (χ3v) is 8.48. The summed E-state index contributed by atoms with van der Waals surface area (Å²) in [6.07, 6.45) is 10.1. The predicted molar refractivity (Wildman–Crippen MR) is 136 cm³/mol. The van der Waals surface area contributed by atoms with Gasteiger partial charge in [0.05, 0.1) is 41.0 Å². The van der Waals surface area contributed by atoms with Gasteiger partial charge < -0.3 is 18.7 Å². The van der Waals surface area contributed by atoms with Crippen molar-refractivity contribution in [3.8, 4) is 6.07 Å². The van der Waals surface area contributed by atoms with Crippen molar-refractivity contribution in [2.24, 2.45) is 5.92 Å². The Balaban J connectivity index is 1.13.